The molecule has 2 saturated heterocycles. The highest BCUT2D eigenvalue weighted by Crippen LogP contribution is 2.40. The lowest BCUT2D eigenvalue weighted by molar-refractivity contribution is -0.122. The highest BCUT2D eigenvalue weighted by molar-refractivity contribution is 5.97. The van der Waals surface area contributed by atoms with Crippen molar-refractivity contribution in [1.82, 2.24) is 19.3 Å². The molecule has 0 aliphatic carbocycles. The molecule has 3 aliphatic rings. The van der Waals surface area contributed by atoms with Crippen molar-refractivity contribution in [2.24, 2.45) is 7.05 Å². The Labute approximate surface area is 256 Å². The summed E-state index contributed by atoms with van der Waals surface area (Å²) in [6, 6.07) is 4.63. The maximum Gasteiger partial charge on any atom is 0.407 e. The molecule has 240 valence electrons. The predicted octanol–water partition coefficient (Wildman–Crippen LogP) is 3.04. The molecular formula is C32H43F2N5O5. The largest absolute Gasteiger partial charge is 0.465 e. The van der Waals surface area contributed by atoms with Gasteiger partial charge in [0.05, 0.1) is 30.6 Å². The van der Waals surface area contributed by atoms with E-state index in [1.165, 1.54) is 15.5 Å². The Balaban J connectivity index is 1.43. The van der Waals surface area contributed by atoms with Gasteiger partial charge in [-0.3, -0.25) is 19.4 Å². The molecule has 2 fully saturated rings. The van der Waals surface area contributed by atoms with Gasteiger partial charge in [-0.1, -0.05) is 19.9 Å². The highest BCUT2D eigenvalue weighted by atomic mass is 19.1. The second-order valence-electron chi connectivity index (χ2n) is 13.4. The zero-order valence-electron chi connectivity index (χ0n) is 26.3. The first kappa shape index (κ1) is 32.1. The third-order valence-electron chi connectivity index (χ3n) is 9.37. The summed E-state index contributed by atoms with van der Waals surface area (Å²) >= 11 is 0. The van der Waals surface area contributed by atoms with Gasteiger partial charge in [0.25, 0.3) is 5.56 Å². The van der Waals surface area contributed by atoms with Crippen LogP contribution in [-0.2, 0) is 28.4 Å². The number of carbonyl (C=O) groups is 2. The van der Waals surface area contributed by atoms with Crippen LogP contribution in [0.3, 0.4) is 0 Å². The van der Waals surface area contributed by atoms with E-state index < -0.39 is 23.1 Å². The van der Waals surface area contributed by atoms with Crippen molar-refractivity contribution >= 4 is 17.7 Å². The standard InChI is InChI=1S/C32H43F2N5O5/c1-19-12-37(25(15-38(19)31(42)43)14-36-13-21(3)44-17-20(36)2)16-28(40)39-18-32(4,5)29-27(39)10-23(30(41)35(29)6)9-22-7-8-24(33)11-26(22)34/h7-8,10-11,19-21,25H,9,12-18H2,1-6H3,(H,42,43)/t19-,20-,21+,25+/m1/s1. The van der Waals surface area contributed by atoms with Crippen LogP contribution in [0.1, 0.15) is 51.4 Å². The van der Waals surface area contributed by atoms with E-state index in [2.05, 4.69) is 16.7 Å². The third-order valence-corrected chi connectivity index (χ3v) is 9.37. The van der Waals surface area contributed by atoms with Crippen molar-refractivity contribution in [3.8, 4) is 0 Å². The van der Waals surface area contributed by atoms with Gasteiger partial charge in [-0.25, -0.2) is 13.6 Å². The first-order chi connectivity index (χ1) is 20.7. The SMILES string of the molecule is C[C@@H]1CO[C@@H](C)CN1C[C@H]1CN(C(=O)O)[C@H](C)CN1CC(=O)N1CC(C)(C)c2c1cc(Cc1ccc(F)cc1F)c(=O)n2C. The van der Waals surface area contributed by atoms with Crippen LogP contribution in [0.5, 0.6) is 0 Å². The molecule has 12 heteroatoms. The quantitative estimate of drug-likeness (QED) is 0.534. The summed E-state index contributed by atoms with van der Waals surface area (Å²) in [5.74, 6) is -1.58. The van der Waals surface area contributed by atoms with Gasteiger partial charge in [0, 0.05) is 81.4 Å². The minimum absolute atomic E-state index is 0.0403. The Morgan fingerprint density at radius 2 is 1.75 bits per heavy atom. The summed E-state index contributed by atoms with van der Waals surface area (Å²) in [4.78, 5) is 47.1. The average molecular weight is 616 g/mol. The average Bonchev–Trinajstić information content (AvgIpc) is 3.21. The van der Waals surface area contributed by atoms with Gasteiger partial charge in [0.1, 0.15) is 11.6 Å². The van der Waals surface area contributed by atoms with E-state index in [0.717, 1.165) is 24.4 Å². The van der Waals surface area contributed by atoms with E-state index in [0.29, 0.717) is 37.5 Å². The predicted molar refractivity (Wildman–Crippen MR) is 162 cm³/mol. The number of carbonyl (C=O) groups excluding carboxylic acids is 1. The Hall–Kier alpha value is -3.35. The number of rotatable bonds is 6. The summed E-state index contributed by atoms with van der Waals surface area (Å²) < 4.78 is 35.4. The van der Waals surface area contributed by atoms with Crippen molar-refractivity contribution in [3.63, 3.8) is 0 Å². The number of aromatic nitrogens is 1. The molecule has 1 aromatic heterocycles. The van der Waals surface area contributed by atoms with E-state index in [1.807, 2.05) is 27.7 Å². The number of anilines is 1. The minimum atomic E-state index is -0.974. The molecule has 0 unspecified atom stereocenters. The topological polar surface area (TPSA) is 98.6 Å². The van der Waals surface area contributed by atoms with Crippen LogP contribution in [0.15, 0.2) is 29.1 Å². The van der Waals surface area contributed by atoms with Crippen molar-refractivity contribution in [3.05, 3.63) is 63.1 Å². The number of nitrogens with zero attached hydrogens (tertiary/aromatic N) is 5. The van der Waals surface area contributed by atoms with Gasteiger partial charge in [0.15, 0.2) is 0 Å². The maximum absolute atomic E-state index is 14.5. The number of hydrogen-bond acceptors (Lipinski definition) is 6. The molecule has 44 heavy (non-hydrogen) atoms. The van der Waals surface area contributed by atoms with Gasteiger partial charge < -0.3 is 24.2 Å². The molecule has 5 rings (SSSR count). The molecule has 3 aliphatic heterocycles. The normalized spacial score (nSPS) is 25.7. The number of amides is 2. The van der Waals surface area contributed by atoms with Crippen molar-refractivity contribution in [2.45, 2.75) is 70.7 Å². The molecule has 4 heterocycles. The molecule has 1 aromatic carbocycles. The zero-order valence-corrected chi connectivity index (χ0v) is 26.3. The van der Waals surface area contributed by atoms with Gasteiger partial charge >= 0.3 is 6.09 Å². The van der Waals surface area contributed by atoms with Crippen LogP contribution >= 0.6 is 0 Å². The number of morpholine rings is 1. The van der Waals surface area contributed by atoms with E-state index in [1.54, 1.807) is 18.0 Å². The molecule has 2 amide bonds. The molecule has 0 bridgehead atoms. The maximum atomic E-state index is 14.5. The van der Waals surface area contributed by atoms with Gasteiger partial charge in [-0.2, -0.15) is 0 Å². The fourth-order valence-electron chi connectivity index (χ4n) is 7.06. The van der Waals surface area contributed by atoms with Crippen LogP contribution in [0.25, 0.3) is 0 Å². The van der Waals surface area contributed by atoms with E-state index >= 15 is 0 Å². The monoisotopic (exact) mass is 615 g/mol. The fraction of sp³-hybridized carbons (Fsp3) is 0.594. The van der Waals surface area contributed by atoms with Crippen LogP contribution in [0.2, 0.25) is 0 Å². The van der Waals surface area contributed by atoms with Crippen molar-refractivity contribution in [1.29, 1.82) is 0 Å². The number of halogens is 2. The number of ether oxygens (including phenoxy) is 1. The Morgan fingerprint density at radius 3 is 2.43 bits per heavy atom. The van der Waals surface area contributed by atoms with Gasteiger partial charge in [-0.05, 0) is 38.5 Å². The summed E-state index contributed by atoms with van der Waals surface area (Å²) in [7, 11) is 1.66. The van der Waals surface area contributed by atoms with Crippen molar-refractivity contribution < 1.29 is 28.2 Å². The Bertz CT molecular complexity index is 1500. The molecule has 4 atom stereocenters. The summed E-state index contributed by atoms with van der Waals surface area (Å²) in [5.41, 5.74) is 1.01. The van der Waals surface area contributed by atoms with E-state index in [-0.39, 0.29) is 60.8 Å². The van der Waals surface area contributed by atoms with Crippen LogP contribution in [0.4, 0.5) is 19.3 Å². The second-order valence-corrected chi connectivity index (χ2v) is 13.4. The van der Waals surface area contributed by atoms with Gasteiger partial charge in [-0.15, -0.1) is 0 Å². The zero-order chi connectivity index (χ0) is 32.1. The van der Waals surface area contributed by atoms with E-state index in [4.69, 9.17) is 4.74 Å². The summed E-state index contributed by atoms with van der Waals surface area (Å²) in [6.07, 6.45) is -0.952. The fourth-order valence-corrected chi connectivity index (χ4v) is 7.06. The Morgan fingerprint density at radius 1 is 1.02 bits per heavy atom. The lowest BCUT2D eigenvalue weighted by Gasteiger charge is -2.47. The number of benzene rings is 1. The second kappa shape index (κ2) is 12.2. The summed E-state index contributed by atoms with van der Waals surface area (Å²) in [5, 5.41) is 9.87. The number of hydrogen-bond donors (Lipinski definition) is 1. The molecule has 2 aromatic rings. The number of carboxylic acid groups (broad SMARTS) is 1. The number of fused-ring (bicyclic) bond motifs is 1. The number of piperazine rings is 1. The van der Waals surface area contributed by atoms with E-state index in [9.17, 15) is 28.3 Å². The van der Waals surface area contributed by atoms with Crippen LogP contribution < -0.4 is 10.5 Å². The minimum Gasteiger partial charge on any atom is -0.465 e. The first-order valence-corrected chi connectivity index (χ1v) is 15.2. The molecule has 1 N–H and O–H groups in total. The third kappa shape index (κ3) is 6.25. The smallest absolute Gasteiger partial charge is 0.407 e. The lowest BCUT2D eigenvalue weighted by atomic mass is 9.90. The lowest BCUT2D eigenvalue weighted by Crippen LogP contribution is -2.64. The first-order valence-electron chi connectivity index (χ1n) is 15.2. The molecule has 10 nitrogen and oxygen atoms in total. The number of pyridine rings is 1. The highest BCUT2D eigenvalue weighted by Gasteiger charge is 2.43. The molecule has 0 saturated carbocycles. The molecule has 0 radical (unpaired) electrons. The van der Waals surface area contributed by atoms with Crippen LogP contribution in [0, 0.1) is 11.6 Å². The molecule has 0 spiro atoms. The molecular weight excluding hydrogens is 572 g/mol. The Kier molecular flexibility index (Phi) is 8.90. The van der Waals surface area contributed by atoms with Crippen LogP contribution in [-0.4, -0.2) is 106 Å². The van der Waals surface area contributed by atoms with Gasteiger partial charge in [0.2, 0.25) is 5.91 Å². The van der Waals surface area contributed by atoms with Crippen molar-refractivity contribution in [2.75, 3.05) is 50.8 Å². The summed E-state index contributed by atoms with van der Waals surface area (Å²) in [6.45, 7) is 13.0.